The zero-order valence-corrected chi connectivity index (χ0v) is 18.0. The van der Waals surface area contributed by atoms with Crippen molar-refractivity contribution >= 4 is 5.91 Å². The van der Waals surface area contributed by atoms with E-state index < -0.39 is 0 Å². The summed E-state index contributed by atoms with van der Waals surface area (Å²) in [5, 5.41) is 3.37. The largest absolute Gasteiger partial charge is 0.346 e. The third-order valence-corrected chi connectivity index (χ3v) is 7.67. The van der Waals surface area contributed by atoms with E-state index >= 15 is 0 Å². The van der Waals surface area contributed by atoms with Gasteiger partial charge in [-0.25, -0.2) is 0 Å². The second-order valence-corrected chi connectivity index (χ2v) is 10.0. The van der Waals surface area contributed by atoms with Gasteiger partial charge in [0, 0.05) is 29.2 Å². The number of para-hydroxylation sites is 1. The summed E-state index contributed by atoms with van der Waals surface area (Å²) in [6.45, 7) is 0. The molecule has 0 unspecified atom stereocenters. The highest BCUT2D eigenvalue weighted by Crippen LogP contribution is 2.55. The molecule has 0 aliphatic heterocycles. The van der Waals surface area contributed by atoms with E-state index in [1.54, 1.807) is 23.0 Å². The maximum Gasteiger partial charge on any atom is 0.267 e. The van der Waals surface area contributed by atoms with Crippen LogP contribution in [0.4, 0.5) is 0 Å². The predicted molar refractivity (Wildman–Crippen MR) is 124 cm³/mol. The number of nitrogens with zero attached hydrogens (tertiary/aromatic N) is 2. The highest BCUT2D eigenvalue weighted by molar-refractivity contribution is 5.95. The standard InChI is InChI=1S/C27H27N3O2/c31-25(29-27-14-18-10-19(15-27)12-20(11-18)16-27)23-13-21(24-8-4-5-9-28-24)17-30(26(23)32)22-6-2-1-3-7-22/h1-9,13,17-20H,10-12,14-16H2,(H,29,31). The fourth-order valence-electron chi connectivity index (χ4n) is 6.77. The zero-order chi connectivity index (χ0) is 21.7. The Hall–Kier alpha value is -3.21. The van der Waals surface area contributed by atoms with E-state index in [1.165, 1.54) is 19.3 Å². The van der Waals surface area contributed by atoms with Crippen molar-refractivity contribution in [2.75, 3.05) is 0 Å². The Kier molecular flexibility index (Phi) is 4.53. The first-order chi connectivity index (χ1) is 15.6. The number of rotatable bonds is 4. The molecule has 0 radical (unpaired) electrons. The van der Waals surface area contributed by atoms with Crippen molar-refractivity contribution < 1.29 is 4.79 Å². The Bertz CT molecular complexity index is 1180. The van der Waals surface area contributed by atoms with E-state index in [4.69, 9.17) is 0 Å². The number of carbonyl (C=O) groups is 1. The molecule has 4 aliphatic carbocycles. The van der Waals surface area contributed by atoms with Gasteiger partial charge in [-0.15, -0.1) is 0 Å². The molecule has 0 spiro atoms. The summed E-state index contributed by atoms with van der Waals surface area (Å²) in [7, 11) is 0. The predicted octanol–water partition coefficient (Wildman–Crippen LogP) is 4.60. The van der Waals surface area contributed by atoms with Gasteiger partial charge in [0.15, 0.2) is 0 Å². The van der Waals surface area contributed by atoms with Crippen molar-refractivity contribution in [1.29, 1.82) is 0 Å². The lowest BCUT2D eigenvalue weighted by molar-refractivity contribution is -0.0167. The average Bonchev–Trinajstić information content (AvgIpc) is 2.79. The summed E-state index contributed by atoms with van der Waals surface area (Å²) in [4.78, 5) is 31.5. The molecule has 0 atom stereocenters. The number of amides is 1. The van der Waals surface area contributed by atoms with Gasteiger partial charge in [-0.05, 0) is 86.6 Å². The van der Waals surface area contributed by atoms with Gasteiger partial charge in [0.05, 0.1) is 5.69 Å². The minimum absolute atomic E-state index is 0.142. The second kappa shape index (κ2) is 7.44. The molecule has 4 aliphatic rings. The van der Waals surface area contributed by atoms with Crippen molar-refractivity contribution in [3.8, 4) is 16.9 Å². The maximum atomic E-state index is 13.6. The minimum atomic E-state index is -0.293. The van der Waals surface area contributed by atoms with Gasteiger partial charge < -0.3 is 5.32 Å². The van der Waals surface area contributed by atoms with E-state index in [0.717, 1.165) is 54.0 Å². The van der Waals surface area contributed by atoms with Crippen LogP contribution in [-0.2, 0) is 0 Å². The number of hydrogen-bond acceptors (Lipinski definition) is 3. The third-order valence-electron chi connectivity index (χ3n) is 7.67. The Morgan fingerprint density at radius 2 is 1.59 bits per heavy atom. The number of hydrogen-bond donors (Lipinski definition) is 1. The summed E-state index contributed by atoms with van der Waals surface area (Å²) >= 11 is 0. The summed E-state index contributed by atoms with van der Waals surface area (Å²) in [6.07, 6.45) is 10.6. The summed E-state index contributed by atoms with van der Waals surface area (Å²) in [6, 6.07) is 16.8. The molecule has 4 bridgehead atoms. The van der Waals surface area contributed by atoms with Crippen LogP contribution in [0.5, 0.6) is 0 Å². The monoisotopic (exact) mass is 425 g/mol. The Balaban J connectivity index is 1.41. The molecule has 3 aromatic rings. The molecule has 2 heterocycles. The molecular weight excluding hydrogens is 398 g/mol. The van der Waals surface area contributed by atoms with Gasteiger partial charge in [-0.2, -0.15) is 0 Å². The molecule has 7 rings (SSSR count). The van der Waals surface area contributed by atoms with Gasteiger partial charge in [-0.1, -0.05) is 24.3 Å². The highest BCUT2D eigenvalue weighted by atomic mass is 16.2. The summed E-state index contributed by atoms with van der Waals surface area (Å²) < 4.78 is 1.57. The fraction of sp³-hybridized carbons (Fsp3) is 0.370. The van der Waals surface area contributed by atoms with Crippen molar-refractivity contribution in [3.05, 3.63) is 82.9 Å². The SMILES string of the molecule is O=C(NC12CC3CC(CC(C3)C1)C2)c1cc(-c2ccccn2)cn(-c2ccccc2)c1=O. The normalized spacial score (nSPS) is 27.9. The van der Waals surface area contributed by atoms with Crippen molar-refractivity contribution in [2.45, 2.75) is 44.1 Å². The number of aromatic nitrogens is 2. The molecule has 5 heteroatoms. The van der Waals surface area contributed by atoms with Crippen LogP contribution >= 0.6 is 0 Å². The Morgan fingerprint density at radius 1 is 0.938 bits per heavy atom. The molecule has 1 aromatic carbocycles. The second-order valence-electron chi connectivity index (χ2n) is 10.0. The molecule has 0 saturated heterocycles. The molecule has 162 valence electrons. The van der Waals surface area contributed by atoms with E-state index in [1.807, 2.05) is 48.5 Å². The molecule has 2 aromatic heterocycles. The van der Waals surface area contributed by atoms with Crippen LogP contribution in [0.15, 0.2) is 71.8 Å². The first-order valence-electron chi connectivity index (χ1n) is 11.6. The molecule has 1 amide bonds. The smallest absolute Gasteiger partial charge is 0.267 e. The molecule has 1 N–H and O–H groups in total. The average molecular weight is 426 g/mol. The van der Waals surface area contributed by atoms with Gasteiger partial charge in [0.1, 0.15) is 5.56 Å². The van der Waals surface area contributed by atoms with Crippen LogP contribution < -0.4 is 10.9 Å². The number of nitrogens with one attached hydrogen (secondary N) is 1. The molecular formula is C27H27N3O2. The highest BCUT2D eigenvalue weighted by Gasteiger charge is 2.51. The number of carbonyl (C=O) groups excluding carboxylic acids is 1. The van der Waals surface area contributed by atoms with Crippen LogP contribution in [0.1, 0.15) is 48.9 Å². The zero-order valence-electron chi connectivity index (χ0n) is 18.0. The van der Waals surface area contributed by atoms with Crippen LogP contribution in [0, 0.1) is 17.8 Å². The lowest BCUT2D eigenvalue weighted by Gasteiger charge is -2.56. The van der Waals surface area contributed by atoms with Gasteiger partial charge in [-0.3, -0.25) is 19.1 Å². The van der Waals surface area contributed by atoms with Crippen molar-refractivity contribution in [3.63, 3.8) is 0 Å². The van der Waals surface area contributed by atoms with Crippen molar-refractivity contribution in [1.82, 2.24) is 14.9 Å². The lowest BCUT2D eigenvalue weighted by Crippen LogP contribution is -2.60. The van der Waals surface area contributed by atoms with Crippen LogP contribution in [0.3, 0.4) is 0 Å². The molecule has 32 heavy (non-hydrogen) atoms. The van der Waals surface area contributed by atoms with Gasteiger partial charge in [0.2, 0.25) is 0 Å². The van der Waals surface area contributed by atoms with Gasteiger partial charge in [0.25, 0.3) is 11.5 Å². The first-order valence-corrected chi connectivity index (χ1v) is 11.6. The third kappa shape index (κ3) is 3.36. The maximum absolute atomic E-state index is 13.6. The summed E-state index contributed by atoms with van der Waals surface area (Å²) in [5.41, 5.74) is 1.98. The summed E-state index contributed by atoms with van der Waals surface area (Å²) in [5.74, 6) is 1.92. The fourth-order valence-corrected chi connectivity index (χ4v) is 6.77. The minimum Gasteiger partial charge on any atom is -0.346 e. The topological polar surface area (TPSA) is 64.0 Å². The molecule has 5 nitrogen and oxygen atoms in total. The first kappa shape index (κ1) is 19.5. The quantitative estimate of drug-likeness (QED) is 0.665. The van der Waals surface area contributed by atoms with E-state index in [-0.39, 0.29) is 22.6 Å². The Morgan fingerprint density at radius 3 is 2.22 bits per heavy atom. The number of pyridine rings is 2. The van der Waals surface area contributed by atoms with Crippen LogP contribution in [0.2, 0.25) is 0 Å². The molecule has 4 saturated carbocycles. The Labute approximate surface area is 187 Å². The number of benzene rings is 1. The van der Waals surface area contributed by atoms with Crippen LogP contribution in [-0.4, -0.2) is 21.0 Å². The van der Waals surface area contributed by atoms with Gasteiger partial charge >= 0.3 is 0 Å². The molecule has 4 fully saturated rings. The van der Waals surface area contributed by atoms with E-state index in [2.05, 4.69) is 10.3 Å². The van der Waals surface area contributed by atoms with E-state index in [9.17, 15) is 9.59 Å². The van der Waals surface area contributed by atoms with Crippen LogP contribution in [0.25, 0.3) is 16.9 Å². The lowest BCUT2D eigenvalue weighted by atomic mass is 9.53. The van der Waals surface area contributed by atoms with E-state index in [0.29, 0.717) is 0 Å². The van der Waals surface area contributed by atoms with Crippen molar-refractivity contribution in [2.24, 2.45) is 17.8 Å².